The third-order valence-electron chi connectivity index (χ3n) is 6.28. The van der Waals surface area contributed by atoms with Gasteiger partial charge < -0.3 is 25.0 Å². The Hall–Kier alpha value is -4.35. The second-order valence-electron chi connectivity index (χ2n) is 9.47. The molecule has 1 amide bonds. The molecule has 7 rings (SSSR count). The molecule has 41 heavy (non-hydrogen) atoms. The number of hydrogen-bond donors (Lipinski definition) is 2. The van der Waals surface area contributed by atoms with E-state index in [9.17, 15) is 18.0 Å². The van der Waals surface area contributed by atoms with Crippen molar-refractivity contribution >= 4 is 17.6 Å². The van der Waals surface area contributed by atoms with Crippen LogP contribution < -0.4 is 20.1 Å². The molecular formula is C29H33F3N6O3. The molecule has 5 heterocycles. The number of nitrogens with one attached hydrogen (secondary N) is 2. The Bertz CT molecular complexity index is 1320. The molecule has 0 spiro atoms. The van der Waals surface area contributed by atoms with Gasteiger partial charge in [0.05, 0.1) is 6.61 Å². The van der Waals surface area contributed by atoms with Crippen LogP contribution in [-0.2, 0) is 17.8 Å². The van der Waals surface area contributed by atoms with Crippen LogP contribution in [0.4, 0.5) is 19.1 Å². The first-order valence-corrected chi connectivity index (χ1v) is 13.4. The molecule has 4 aliphatic heterocycles. The maximum Gasteiger partial charge on any atom is 0.422 e. The number of carbonyl (C=O) groups excluding carboxylic acids is 1. The summed E-state index contributed by atoms with van der Waals surface area (Å²) in [5.74, 6) is 1.13. The number of alkyl halides is 3. The quantitative estimate of drug-likeness (QED) is 0.472. The highest BCUT2D eigenvalue weighted by Crippen LogP contribution is 2.20. The van der Waals surface area contributed by atoms with Crippen molar-refractivity contribution in [2.45, 2.75) is 38.9 Å². The summed E-state index contributed by atoms with van der Waals surface area (Å²) >= 11 is 0. The first kappa shape index (κ1) is 29.6. The van der Waals surface area contributed by atoms with E-state index < -0.39 is 18.8 Å². The third kappa shape index (κ3) is 9.37. The molecule has 0 saturated carbocycles. The smallest absolute Gasteiger partial charge is 0.422 e. The Balaban J connectivity index is 1.56. The van der Waals surface area contributed by atoms with Gasteiger partial charge in [0.15, 0.2) is 6.61 Å². The normalized spacial score (nSPS) is 15.0. The van der Waals surface area contributed by atoms with E-state index in [0.717, 1.165) is 16.7 Å². The standard InChI is InChI=1S/C29H33F3N6O3/c1-3-26(39)38-14-4-16-40-24-11-7-22(8-12-24)18-34-27-35-25(36-28(37-27)41-19-29(30,31)32)17-21-5-9-23(10-6-21)20(2)33-13-15-38/h5-12,33H,2-4,13-19H2,1H3,(H,34,35,36,37). The van der Waals surface area contributed by atoms with Crippen LogP contribution in [-0.4, -0.2) is 64.8 Å². The van der Waals surface area contributed by atoms with Crippen LogP contribution in [0.2, 0.25) is 0 Å². The molecule has 12 heteroatoms. The highest BCUT2D eigenvalue weighted by atomic mass is 19.4. The molecule has 9 nitrogen and oxygen atoms in total. The number of aromatic nitrogens is 3. The number of anilines is 1. The van der Waals surface area contributed by atoms with Gasteiger partial charge in [-0.15, -0.1) is 0 Å². The summed E-state index contributed by atoms with van der Waals surface area (Å²) < 4.78 is 49.0. The fraction of sp³-hybridized carbons (Fsp3) is 0.379. The number of hydrogen-bond acceptors (Lipinski definition) is 8. The van der Waals surface area contributed by atoms with E-state index in [0.29, 0.717) is 57.1 Å². The van der Waals surface area contributed by atoms with Crippen LogP contribution in [0.15, 0.2) is 55.1 Å². The maximum atomic E-state index is 12.8. The zero-order valence-electron chi connectivity index (χ0n) is 22.8. The van der Waals surface area contributed by atoms with E-state index in [-0.39, 0.29) is 24.1 Å². The lowest BCUT2D eigenvalue weighted by Crippen LogP contribution is -2.37. The molecule has 0 radical (unpaired) electrons. The number of carbonyl (C=O) groups is 1. The van der Waals surface area contributed by atoms with Crippen LogP contribution in [0.5, 0.6) is 11.8 Å². The minimum absolute atomic E-state index is 0.0801. The van der Waals surface area contributed by atoms with Gasteiger partial charge in [0.25, 0.3) is 0 Å². The largest absolute Gasteiger partial charge is 0.494 e. The Kier molecular flexibility index (Phi) is 9.99. The van der Waals surface area contributed by atoms with Crippen LogP contribution in [0.25, 0.3) is 5.70 Å². The number of amides is 1. The Morgan fingerprint density at radius 3 is 2.46 bits per heavy atom. The van der Waals surface area contributed by atoms with Gasteiger partial charge in [0.2, 0.25) is 11.9 Å². The second kappa shape index (κ2) is 13.8. The number of nitrogens with zero attached hydrogens (tertiary/aromatic N) is 4. The Labute approximate surface area is 236 Å². The van der Waals surface area contributed by atoms with Crippen molar-refractivity contribution in [2.75, 3.05) is 38.2 Å². The fourth-order valence-electron chi connectivity index (χ4n) is 4.13. The highest BCUT2D eigenvalue weighted by Gasteiger charge is 2.29. The minimum Gasteiger partial charge on any atom is -0.494 e. The summed E-state index contributed by atoms with van der Waals surface area (Å²) in [6.07, 6.45) is -3.17. The highest BCUT2D eigenvalue weighted by molar-refractivity contribution is 5.75. The van der Waals surface area contributed by atoms with E-state index in [1.165, 1.54) is 0 Å². The van der Waals surface area contributed by atoms with Gasteiger partial charge in [-0.3, -0.25) is 4.79 Å². The minimum atomic E-state index is -4.53. The van der Waals surface area contributed by atoms with Gasteiger partial charge in [-0.25, -0.2) is 0 Å². The number of ether oxygens (including phenoxy) is 2. The summed E-state index contributed by atoms with van der Waals surface area (Å²) in [6.45, 7) is 6.87. The predicted molar refractivity (Wildman–Crippen MR) is 148 cm³/mol. The molecular weight excluding hydrogens is 537 g/mol. The maximum absolute atomic E-state index is 12.8. The monoisotopic (exact) mass is 570 g/mol. The topological polar surface area (TPSA) is 102 Å². The van der Waals surface area contributed by atoms with Crippen molar-refractivity contribution in [3.05, 3.63) is 77.6 Å². The van der Waals surface area contributed by atoms with E-state index in [1.54, 1.807) is 0 Å². The van der Waals surface area contributed by atoms with E-state index >= 15 is 0 Å². The molecule has 2 N–H and O–H groups in total. The molecule has 0 aliphatic carbocycles. The molecule has 4 aliphatic rings. The van der Waals surface area contributed by atoms with Crippen LogP contribution in [0.1, 0.15) is 42.3 Å². The fourth-order valence-corrected chi connectivity index (χ4v) is 4.13. The van der Waals surface area contributed by atoms with Crippen molar-refractivity contribution in [1.82, 2.24) is 25.2 Å². The van der Waals surface area contributed by atoms with Crippen LogP contribution in [0.3, 0.4) is 0 Å². The van der Waals surface area contributed by atoms with Crippen LogP contribution in [0, 0.1) is 0 Å². The van der Waals surface area contributed by atoms with Gasteiger partial charge in [0.1, 0.15) is 11.6 Å². The number of rotatable bonds is 3. The molecule has 2 aromatic carbocycles. The second-order valence-corrected chi connectivity index (χ2v) is 9.47. The molecule has 218 valence electrons. The summed E-state index contributed by atoms with van der Waals surface area (Å²) in [5.41, 5.74) is 3.30. The predicted octanol–water partition coefficient (Wildman–Crippen LogP) is 4.60. The van der Waals surface area contributed by atoms with E-state index in [4.69, 9.17) is 9.47 Å². The average molecular weight is 571 g/mol. The van der Waals surface area contributed by atoms with Crippen molar-refractivity contribution in [2.24, 2.45) is 0 Å². The first-order valence-electron chi connectivity index (χ1n) is 13.4. The molecule has 6 bridgehead atoms. The molecule has 0 unspecified atom stereocenters. The van der Waals surface area contributed by atoms with Gasteiger partial charge >= 0.3 is 12.2 Å². The summed E-state index contributed by atoms with van der Waals surface area (Å²) in [7, 11) is 0. The number of halogens is 3. The van der Waals surface area contributed by atoms with Gasteiger partial charge in [-0.1, -0.05) is 49.9 Å². The number of benzene rings is 2. The van der Waals surface area contributed by atoms with Crippen molar-refractivity contribution in [3.8, 4) is 11.8 Å². The lowest BCUT2D eigenvalue weighted by Gasteiger charge is -2.23. The molecule has 1 aromatic heterocycles. The van der Waals surface area contributed by atoms with Crippen molar-refractivity contribution in [1.29, 1.82) is 0 Å². The lowest BCUT2D eigenvalue weighted by molar-refractivity contribution is -0.154. The molecule has 0 fully saturated rings. The summed E-state index contributed by atoms with van der Waals surface area (Å²) in [4.78, 5) is 26.8. The Morgan fingerprint density at radius 2 is 1.76 bits per heavy atom. The summed E-state index contributed by atoms with van der Waals surface area (Å²) in [6, 6.07) is 14.5. The lowest BCUT2D eigenvalue weighted by atomic mass is 10.1. The zero-order valence-corrected chi connectivity index (χ0v) is 22.8. The van der Waals surface area contributed by atoms with E-state index in [1.807, 2.05) is 60.4 Å². The summed E-state index contributed by atoms with van der Waals surface area (Å²) in [5, 5.41) is 6.32. The first-order chi connectivity index (χ1) is 19.7. The van der Waals surface area contributed by atoms with Crippen LogP contribution >= 0.6 is 0 Å². The molecule has 0 atom stereocenters. The Morgan fingerprint density at radius 1 is 1.02 bits per heavy atom. The van der Waals surface area contributed by atoms with Crippen molar-refractivity contribution < 1.29 is 27.4 Å². The van der Waals surface area contributed by atoms with Gasteiger partial charge in [-0.05, 0) is 35.2 Å². The SMILES string of the molecule is C=C1NCCN(C(=O)CC)CCCOc2ccc(cc2)CNc2nc(nc(OCC(F)(F)F)n2)Cc2ccc1cc2. The average Bonchev–Trinajstić information content (AvgIpc) is 2.96. The molecule has 0 saturated heterocycles. The zero-order chi connectivity index (χ0) is 29.2. The third-order valence-corrected chi connectivity index (χ3v) is 6.28. The molecule has 3 aromatic rings. The van der Waals surface area contributed by atoms with Gasteiger partial charge in [-0.2, -0.15) is 28.1 Å². The van der Waals surface area contributed by atoms with Gasteiger partial charge in [0, 0.05) is 44.7 Å². The van der Waals surface area contributed by atoms with Crippen molar-refractivity contribution in [3.63, 3.8) is 0 Å². The van der Waals surface area contributed by atoms with E-state index in [2.05, 4.69) is 32.2 Å².